The molecule has 37 heavy (non-hydrogen) atoms. The predicted molar refractivity (Wildman–Crippen MR) is 151 cm³/mol. The summed E-state index contributed by atoms with van der Waals surface area (Å²) in [6.07, 6.45) is 1.80. The molecule has 1 N–H and O–H groups in total. The summed E-state index contributed by atoms with van der Waals surface area (Å²) in [6.45, 7) is 5.28. The van der Waals surface area contributed by atoms with Crippen molar-refractivity contribution in [1.82, 2.24) is 10.3 Å². The summed E-state index contributed by atoms with van der Waals surface area (Å²) in [4.78, 5) is 9.10. The van der Waals surface area contributed by atoms with Crippen LogP contribution in [0.4, 0.5) is 11.4 Å². The van der Waals surface area contributed by atoms with Gasteiger partial charge in [-0.15, -0.1) is 0 Å². The number of benzene rings is 2. The largest absolute Gasteiger partial charge is 0.459 e. The number of aryl methyl sites for hydroxylation is 1. The molecule has 2 atom stereocenters. The van der Waals surface area contributed by atoms with Gasteiger partial charge >= 0.3 is 0 Å². The number of morpholine rings is 1. The van der Waals surface area contributed by atoms with Gasteiger partial charge in [-0.05, 0) is 79.3 Å². The van der Waals surface area contributed by atoms with Crippen LogP contribution in [0.2, 0.25) is 5.02 Å². The second kappa shape index (κ2) is 10.2. The second-order valence-electron chi connectivity index (χ2n) is 9.28. The van der Waals surface area contributed by atoms with Gasteiger partial charge in [0, 0.05) is 41.2 Å². The first-order valence-corrected chi connectivity index (χ1v) is 13.2. The molecule has 4 aromatic rings. The lowest BCUT2D eigenvalue weighted by Crippen LogP contribution is -2.36. The van der Waals surface area contributed by atoms with Crippen LogP contribution in [0.5, 0.6) is 0 Å². The van der Waals surface area contributed by atoms with Gasteiger partial charge in [0.2, 0.25) is 0 Å². The van der Waals surface area contributed by atoms with Crippen molar-refractivity contribution in [1.29, 1.82) is 0 Å². The number of furan rings is 1. The van der Waals surface area contributed by atoms with Gasteiger partial charge in [0.05, 0.1) is 24.9 Å². The van der Waals surface area contributed by atoms with Crippen LogP contribution in [0.3, 0.4) is 0 Å². The van der Waals surface area contributed by atoms with Crippen LogP contribution in [0, 0.1) is 6.92 Å². The number of pyridine rings is 1. The minimum Gasteiger partial charge on any atom is -0.459 e. The van der Waals surface area contributed by atoms with E-state index in [4.69, 9.17) is 33.0 Å². The summed E-state index contributed by atoms with van der Waals surface area (Å²) in [6, 6.07) is 24.1. The Morgan fingerprint density at radius 3 is 2.49 bits per heavy atom. The summed E-state index contributed by atoms with van der Waals surface area (Å²) in [5.41, 5.74) is 5.04. The topological polar surface area (TPSA) is 53.8 Å². The van der Waals surface area contributed by atoms with E-state index in [1.54, 1.807) is 6.20 Å². The molecule has 2 saturated heterocycles. The van der Waals surface area contributed by atoms with Crippen LogP contribution in [0.15, 0.2) is 83.4 Å². The molecule has 2 aliphatic heterocycles. The van der Waals surface area contributed by atoms with Gasteiger partial charge in [0.25, 0.3) is 0 Å². The molecule has 2 aliphatic rings. The molecule has 2 fully saturated rings. The van der Waals surface area contributed by atoms with Crippen molar-refractivity contribution in [3.05, 3.63) is 101 Å². The summed E-state index contributed by atoms with van der Waals surface area (Å²) >= 11 is 12.3. The van der Waals surface area contributed by atoms with Gasteiger partial charge in [0.1, 0.15) is 17.6 Å². The third-order valence-corrected chi connectivity index (χ3v) is 7.70. The first-order valence-electron chi connectivity index (χ1n) is 12.4. The minimum absolute atomic E-state index is 0.173. The SMILES string of the molecule is Cc1ccc(-c2ccc(C3C(c4ccccn4)NC(=S)N3c3ccc(N4CCOCC4)cc3)o2)cc1Cl. The number of hydrogen-bond acceptors (Lipinski definition) is 5. The Balaban J connectivity index is 1.37. The van der Waals surface area contributed by atoms with E-state index in [-0.39, 0.29) is 12.1 Å². The van der Waals surface area contributed by atoms with Gasteiger partial charge in [-0.25, -0.2) is 0 Å². The Morgan fingerprint density at radius 2 is 1.76 bits per heavy atom. The van der Waals surface area contributed by atoms with Crippen molar-refractivity contribution in [2.24, 2.45) is 0 Å². The molecular weight excluding hydrogens is 504 g/mol. The van der Waals surface area contributed by atoms with E-state index in [1.165, 1.54) is 5.69 Å². The Bertz CT molecular complexity index is 1400. The van der Waals surface area contributed by atoms with Crippen LogP contribution < -0.4 is 15.1 Å². The van der Waals surface area contributed by atoms with Gasteiger partial charge in [-0.1, -0.05) is 29.8 Å². The predicted octanol–water partition coefficient (Wildman–Crippen LogP) is 6.32. The molecule has 2 aromatic carbocycles. The molecular formula is C29H27ClN4O2S. The Morgan fingerprint density at radius 1 is 0.973 bits per heavy atom. The lowest BCUT2D eigenvalue weighted by molar-refractivity contribution is 0.122. The molecule has 4 heterocycles. The molecule has 6 nitrogen and oxygen atoms in total. The molecule has 2 aromatic heterocycles. The molecule has 6 rings (SSSR count). The van der Waals surface area contributed by atoms with Crippen molar-refractivity contribution in [3.8, 4) is 11.3 Å². The number of thiocarbonyl (C=S) groups is 1. The maximum Gasteiger partial charge on any atom is 0.174 e. The number of aromatic nitrogens is 1. The number of anilines is 2. The fourth-order valence-corrected chi connectivity index (χ4v) is 5.51. The van der Waals surface area contributed by atoms with E-state index in [9.17, 15) is 0 Å². The number of ether oxygens (including phenoxy) is 1. The van der Waals surface area contributed by atoms with Crippen molar-refractivity contribution in [2.45, 2.75) is 19.0 Å². The van der Waals surface area contributed by atoms with E-state index in [2.05, 4.69) is 44.4 Å². The van der Waals surface area contributed by atoms with Gasteiger partial charge < -0.3 is 24.3 Å². The molecule has 8 heteroatoms. The molecule has 0 radical (unpaired) electrons. The van der Waals surface area contributed by atoms with Crippen LogP contribution in [0.1, 0.15) is 29.1 Å². The first kappa shape index (κ1) is 24.0. The van der Waals surface area contributed by atoms with Crippen LogP contribution in [-0.2, 0) is 4.74 Å². The summed E-state index contributed by atoms with van der Waals surface area (Å²) in [7, 11) is 0. The first-order chi connectivity index (χ1) is 18.1. The lowest BCUT2D eigenvalue weighted by Gasteiger charge is -2.30. The van der Waals surface area contributed by atoms with Crippen molar-refractivity contribution in [2.75, 3.05) is 36.1 Å². The summed E-state index contributed by atoms with van der Waals surface area (Å²) in [5.74, 6) is 1.56. The summed E-state index contributed by atoms with van der Waals surface area (Å²) in [5, 5.41) is 4.85. The van der Waals surface area contributed by atoms with E-state index in [0.29, 0.717) is 10.1 Å². The standard InChI is InChI=1S/C29H27ClN4O2S/c1-19-5-6-20(18-23(19)30)25-11-12-26(36-25)28-27(24-4-2-3-13-31-24)32-29(37)34(28)22-9-7-21(8-10-22)33-14-16-35-17-15-33/h2-13,18,27-28H,14-17H2,1H3,(H,32,37). The van der Waals surface area contributed by atoms with E-state index >= 15 is 0 Å². The van der Waals surface area contributed by atoms with Crippen LogP contribution in [-0.4, -0.2) is 36.4 Å². The molecule has 0 bridgehead atoms. The van der Waals surface area contributed by atoms with Crippen molar-refractivity contribution < 1.29 is 9.15 Å². The number of halogens is 1. The van der Waals surface area contributed by atoms with Crippen LogP contribution in [0.25, 0.3) is 11.3 Å². The zero-order valence-electron chi connectivity index (χ0n) is 20.4. The fourth-order valence-electron chi connectivity index (χ4n) is 4.98. The fraction of sp³-hybridized carbons (Fsp3) is 0.241. The Labute approximate surface area is 226 Å². The van der Waals surface area contributed by atoms with Gasteiger partial charge in [0.15, 0.2) is 5.11 Å². The Kier molecular flexibility index (Phi) is 6.59. The van der Waals surface area contributed by atoms with Gasteiger partial charge in [-0.3, -0.25) is 4.98 Å². The quantitative estimate of drug-likeness (QED) is 0.303. The monoisotopic (exact) mass is 530 g/mol. The van der Waals surface area contributed by atoms with Crippen LogP contribution >= 0.6 is 23.8 Å². The molecule has 0 aliphatic carbocycles. The van der Waals surface area contributed by atoms with Gasteiger partial charge in [-0.2, -0.15) is 0 Å². The maximum atomic E-state index is 6.47. The number of hydrogen-bond donors (Lipinski definition) is 1. The Hall–Kier alpha value is -3.39. The smallest absolute Gasteiger partial charge is 0.174 e. The van der Waals surface area contributed by atoms with Crippen molar-refractivity contribution in [3.63, 3.8) is 0 Å². The number of nitrogens with one attached hydrogen (secondary N) is 1. The molecule has 0 saturated carbocycles. The normalized spacial score (nSPS) is 19.8. The lowest BCUT2D eigenvalue weighted by atomic mass is 10.0. The zero-order valence-corrected chi connectivity index (χ0v) is 22.0. The molecule has 2 unspecified atom stereocenters. The average Bonchev–Trinajstić information content (AvgIpc) is 3.56. The maximum absolute atomic E-state index is 6.47. The highest BCUT2D eigenvalue weighted by molar-refractivity contribution is 7.80. The number of nitrogens with zero attached hydrogens (tertiary/aromatic N) is 3. The van der Waals surface area contributed by atoms with E-state index in [1.807, 2.05) is 55.5 Å². The van der Waals surface area contributed by atoms with Crippen molar-refractivity contribution >= 4 is 40.3 Å². The highest BCUT2D eigenvalue weighted by Gasteiger charge is 2.42. The summed E-state index contributed by atoms with van der Waals surface area (Å²) < 4.78 is 12.0. The van der Waals surface area contributed by atoms with E-state index in [0.717, 1.165) is 60.3 Å². The highest BCUT2D eigenvalue weighted by atomic mass is 35.5. The number of rotatable bonds is 5. The highest BCUT2D eigenvalue weighted by Crippen LogP contribution is 2.43. The third-order valence-electron chi connectivity index (χ3n) is 6.98. The average molecular weight is 531 g/mol. The van der Waals surface area contributed by atoms with E-state index < -0.39 is 0 Å². The minimum atomic E-state index is -0.216. The molecule has 0 amide bonds. The second-order valence-corrected chi connectivity index (χ2v) is 10.1. The molecule has 0 spiro atoms. The zero-order chi connectivity index (χ0) is 25.4. The molecule has 188 valence electrons. The third kappa shape index (κ3) is 4.70.